The van der Waals surface area contributed by atoms with E-state index in [0.29, 0.717) is 43.3 Å². The van der Waals surface area contributed by atoms with Gasteiger partial charge in [-0.3, -0.25) is 9.36 Å². The van der Waals surface area contributed by atoms with E-state index in [9.17, 15) is 14.9 Å². The highest BCUT2D eigenvalue weighted by atomic mass is 32.1. The van der Waals surface area contributed by atoms with Crippen LogP contribution in [0.1, 0.15) is 24.0 Å². The second-order valence-corrected chi connectivity index (χ2v) is 9.29. The minimum atomic E-state index is -0.866. The zero-order valence-corrected chi connectivity index (χ0v) is 20.3. The summed E-state index contributed by atoms with van der Waals surface area (Å²) in [6, 6.07) is 12.6. The molecule has 0 saturated heterocycles. The normalized spacial score (nSPS) is 17.6. The predicted molar refractivity (Wildman–Crippen MR) is 132 cm³/mol. The summed E-state index contributed by atoms with van der Waals surface area (Å²) >= 11 is 1.10. The molecule has 0 amide bonds. The third-order valence-corrected chi connectivity index (χ3v) is 7.30. The number of hydrogen-bond acceptors (Lipinski definition) is 10. The minimum absolute atomic E-state index is 0.0419. The van der Waals surface area contributed by atoms with Gasteiger partial charge in [-0.15, -0.1) is 11.3 Å². The first kappa shape index (κ1) is 22.8. The van der Waals surface area contributed by atoms with Crippen molar-refractivity contribution in [2.45, 2.75) is 12.8 Å². The molecule has 3 aromatic rings. The maximum atomic E-state index is 13.5. The van der Waals surface area contributed by atoms with Crippen LogP contribution in [0.25, 0.3) is 17.5 Å². The molecule has 10 nitrogen and oxygen atoms in total. The molecular formula is C26H19N3O7S. The average Bonchev–Trinajstić information content (AvgIpc) is 3.62. The molecule has 2 aromatic carbocycles. The zero-order chi connectivity index (χ0) is 25.7. The Hall–Kier alpha value is -4.69. The van der Waals surface area contributed by atoms with Crippen molar-refractivity contribution in [1.29, 1.82) is 5.26 Å². The lowest BCUT2D eigenvalue weighted by Crippen LogP contribution is -2.40. The maximum absolute atomic E-state index is 13.5. The summed E-state index contributed by atoms with van der Waals surface area (Å²) in [7, 11) is 0. The molecule has 2 N–H and O–H groups in total. The number of carbonyl (C=O) groups is 1. The topological polar surface area (TPSA) is 135 Å². The van der Waals surface area contributed by atoms with Crippen molar-refractivity contribution in [2.24, 2.45) is 5.73 Å². The first-order valence-electron chi connectivity index (χ1n) is 11.3. The number of allylic oxidation sites excluding steroid dienone is 1. The first-order chi connectivity index (χ1) is 18.0. The van der Waals surface area contributed by atoms with Crippen molar-refractivity contribution >= 4 is 34.8 Å². The Kier molecular flexibility index (Phi) is 5.39. The number of carbonyl (C=O) groups excluding carboxylic acids is 1. The van der Waals surface area contributed by atoms with E-state index >= 15 is 0 Å². The van der Waals surface area contributed by atoms with E-state index in [1.54, 1.807) is 49.4 Å². The molecule has 6 rings (SSSR count). The van der Waals surface area contributed by atoms with E-state index < -0.39 is 17.4 Å². The van der Waals surface area contributed by atoms with Crippen LogP contribution in [-0.2, 0) is 9.53 Å². The molecule has 11 heteroatoms. The maximum Gasteiger partial charge on any atom is 0.338 e. The molecule has 4 heterocycles. The van der Waals surface area contributed by atoms with Gasteiger partial charge in [-0.05, 0) is 48.4 Å². The minimum Gasteiger partial charge on any atom is -0.463 e. The molecule has 0 saturated carbocycles. The molecular weight excluding hydrogens is 498 g/mol. The molecule has 186 valence electrons. The lowest BCUT2D eigenvalue weighted by Gasteiger charge is -2.24. The summed E-state index contributed by atoms with van der Waals surface area (Å²) in [6.07, 6.45) is 1.68. The Bertz CT molecular complexity index is 1730. The van der Waals surface area contributed by atoms with E-state index in [2.05, 4.69) is 6.07 Å². The van der Waals surface area contributed by atoms with Crippen LogP contribution in [0.5, 0.6) is 23.0 Å². The van der Waals surface area contributed by atoms with Gasteiger partial charge in [0.15, 0.2) is 23.0 Å². The van der Waals surface area contributed by atoms with Crippen LogP contribution in [-0.4, -0.2) is 30.7 Å². The van der Waals surface area contributed by atoms with Crippen LogP contribution in [0, 0.1) is 11.3 Å². The van der Waals surface area contributed by atoms with Gasteiger partial charge in [0.1, 0.15) is 10.5 Å². The van der Waals surface area contributed by atoms with Gasteiger partial charge >= 0.3 is 5.97 Å². The zero-order valence-electron chi connectivity index (χ0n) is 19.5. The van der Waals surface area contributed by atoms with Crippen LogP contribution >= 0.6 is 11.3 Å². The Morgan fingerprint density at radius 2 is 1.81 bits per heavy atom. The number of rotatable bonds is 4. The monoisotopic (exact) mass is 517 g/mol. The summed E-state index contributed by atoms with van der Waals surface area (Å²) in [6.45, 7) is 2.01. The van der Waals surface area contributed by atoms with Gasteiger partial charge in [-0.1, -0.05) is 12.1 Å². The molecule has 0 radical (unpaired) electrons. The third kappa shape index (κ3) is 3.61. The lowest BCUT2D eigenvalue weighted by molar-refractivity contribution is -0.136. The third-order valence-electron chi connectivity index (χ3n) is 6.19. The fraction of sp³-hybridized carbons (Fsp3) is 0.192. The number of fused-ring (bicyclic) bond motifs is 3. The highest BCUT2D eigenvalue weighted by Crippen LogP contribution is 2.41. The molecule has 0 bridgehead atoms. The van der Waals surface area contributed by atoms with Gasteiger partial charge < -0.3 is 29.4 Å². The van der Waals surface area contributed by atoms with Crippen molar-refractivity contribution in [3.63, 3.8) is 0 Å². The second kappa shape index (κ2) is 8.76. The summed E-state index contributed by atoms with van der Waals surface area (Å²) in [4.78, 5) is 26.8. The number of esters is 1. The number of aromatic nitrogens is 1. The molecule has 0 aliphatic carbocycles. The van der Waals surface area contributed by atoms with Crippen LogP contribution in [0.4, 0.5) is 0 Å². The van der Waals surface area contributed by atoms with Gasteiger partial charge in [0.2, 0.25) is 13.6 Å². The van der Waals surface area contributed by atoms with Crippen molar-refractivity contribution in [2.75, 3.05) is 20.2 Å². The number of nitriles is 1. The quantitative estimate of drug-likeness (QED) is 0.509. The molecule has 3 aliphatic heterocycles. The highest BCUT2D eigenvalue weighted by Gasteiger charge is 2.37. The Morgan fingerprint density at radius 1 is 1.14 bits per heavy atom. The van der Waals surface area contributed by atoms with Crippen molar-refractivity contribution < 1.29 is 28.5 Å². The van der Waals surface area contributed by atoms with E-state index in [1.165, 1.54) is 4.57 Å². The van der Waals surface area contributed by atoms with Crippen LogP contribution in [0.15, 0.2) is 46.8 Å². The molecule has 37 heavy (non-hydrogen) atoms. The smallest absolute Gasteiger partial charge is 0.338 e. The summed E-state index contributed by atoms with van der Waals surface area (Å²) in [5.74, 6) is 0.686. The predicted octanol–water partition coefficient (Wildman–Crippen LogP) is 1.36. The Morgan fingerprint density at radius 3 is 2.51 bits per heavy atom. The second-order valence-electron chi connectivity index (χ2n) is 8.26. The van der Waals surface area contributed by atoms with Gasteiger partial charge in [0.25, 0.3) is 5.56 Å². The summed E-state index contributed by atoms with van der Waals surface area (Å²) in [5.41, 5.74) is 7.46. The number of hydrogen-bond donors (Lipinski definition) is 1. The van der Waals surface area contributed by atoms with Crippen LogP contribution in [0.2, 0.25) is 0 Å². The molecule has 0 spiro atoms. The van der Waals surface area contributed by atoms with E-state index in [0.717, 1.165) is 11.3 Å². The molecule has 1 atom stereocenters. The lowest BCUT2D eigenvalue weighted by atomic mass is 9.83. The number of benzene rings is 2. The SMILES string of the molecule is CCOC(=O)C1=c2s/c(=C\c3ccc4c(c3)OCO4)c(=O)n2C(N)=C(C#N)C1c1ccc2c(c1)OCO2. The fourth-order valence-corrected chi connectivity index (χ4v) is 5.70. The number of nitrogens with two attached hydrogens (primary N) is 1. The van der Waals surface area contributed by atoms with Crippen LogP contribution in [0.3, 0.4) is 0 Å². The highest BCUT2D eigenvalue weighted by molar-refractivity contribution is 7.07. The van der Waals surface area contributed by atoms with Crippen LogP contribution < -0.4 is 39.4 Å². The van der Waals surface area contributed by atoms with Gasteiger partial charge in [0.05, 0.1) is 34.3 Å². The largest absolute Gasteiger partial charge is 0.463 e. The van der Waals surface area contributed by atoms with Crippen molar-refractivity contribution in [3.05, 3.63) is 72.6 Å². The molecule has 1 unspecified atom stereocenters. The van der Waals surface area contributed by atoms with E-state index in [-0.39, 0.29) is 37.2 Å². The van der Waals surface area contributed by atoms with Crippen molar-refractivity contribution in [3.8, 4) is 29.1 Å². The van der Waals surface area contributed by atoms with Crippen molar-refractivity contribution in [1.82, 2.24) is 4.57 Å². The van der Waals surface area contributed by atoms with Gasteiger partial charge in [0, 0.05) is 0 Å². The number of thiazole rings is 1. The fourth-order valence-electron chi connectivity index (χ4n) is 4.53. The Labute approximate surface area is 213 Å². The first-order valence-corrected chi connectivity index (χ1v) is 12.2. The number of nitrogens with zero attached hydrogens (tertiary/aromatic N) is 2. The summed E-state index contributed by atoms with van der Waals surface area (Å²) in [5, 5.41) is 10.1. The molecule has 3 aliphatic rings. The number of ether oxygens (including phenoxy) is 5. The van der Waals surface area contributed by atoms with E-state index in [1.807, 2.05) is 0 Å². The molecule has 1 aromatic heterocycles. The average molecular weight is 518 g/mol. The van der Waals surface area contributed by atoms with E-state index in [4.69, 9.17) is 29.4 Å². The summed E-state index contributed by atoms with van der Waals surface area (Å²) < 4.78 is 28.9. The van der Waals surface area contributed by atoms with Gasteiger partial charge in [-0.2, -0.15) is 5.26 Å². The van der Waals surface area contributed by atoms with Gasteiger partial charge in [-0.25, -0.2) is 4.79 Å². The standard InChI is InChI=1S/C26H19N3O7S/c1-2-32-26(31)22-21(14-4-6-17-19(9-14)36-12-34-17)15(10-27)23(28)29-24(30)20(37-25(22)29)8-13-3-5-16-18(7-13)35-11-33-16/h3-9,21H,2,11-12,28H2,1H3/b20-8-. The molecule has 0 fully saturated rings. The Balaban J connectivity index is 1.61.